The van der Waals surface area contributed by atoms with E-state index in [1.54, 1.807) is 10.5 Å². The summed E-state index contributed by atoms with van der Waals surface area (Å²) in [5.41, 5.74) is 6.65. The Bertz CT molecular complexity index is 1140. The van der Waals surface area contributed by atoms with E-state index in [1.165, 1.54) is 61.7 Å². The molecule has 0 atom stereocenters. The third kappa shape index (κ3) is 3.46. The summed E-state index contributed by atoms with van der Waals surface area (Å²) in [7, 11) is 0. The maximum Gasteiger partial charge on any atom is 0.266 e. The number of hydrogen-bond donors (Lipinski definition) is 0. The molecule has 0 spiro atoms. The van der Waals surface area contributed by atoms with Crippen LogP contribution in [0, 0.1) is 31.6 Å². The van der Waals surface area contributed by atoms with Gasteiger partial charge in [-0.15, -0.1) is 0 Å². The molecule has 5 heteroatoms. The number of benzene rings is 1. The highest BCUT2D eigenvalue weighted by atomic mass is 32.2. The standard InChI is InChI=1S/C28H32N2OS2/c1-4-29-26(31)25(33-27(29)32)13-22-9-17(2)30(18(22)3)24-7-5-23(6-8-24)28-14-19-10-20(15-28)12-21(11-19)16-28/h5-9,13,19-21H,4,10-12,14-16H2,1-3H3/b25-13-. The van der Waals surface area contributed by atoms with Crippen molar-refractivity contribution in [2.24, 2.45) is 17.8 Å². The summed E-state index contributed by atoms with van der Waals surface area (Å²) in [5.74, 6) is 2.92. The van der Waals surface area contributed by atoms with Crippen molar-refractivity contribution in [1.29, 1.82) is 0 Å². The lowest BCUT2D eigenvalue weighted by Crippen LogP contribution is -2.48. The first-order valence-corrected chi connectivity index (χ1v) is 13.6. The van der Waals surface area contributed by atoms with Gasteiger partial charge in [-0.25, -0.2) is 0 Å². The second kappa shape index (κ2) is 7.84. The van der Waals surface area contributed by atoms with Gasteiger partial charge in [-0.1, -0.05) is 36.1 Å². The zero-order valence-electron chi connectivity index (χ0n) is 19.8. The van der Waals surface area contributed by atoms with Crippen LogP contribution < -0.4 is 0 Å². The van der Waals surface area contributed by atoms with Gasteiger partial charge in [-0.3, -0.25) is 9.69 Å². The van der Waals surface area contributed by atoms with E-state index >= 15 is 0 Å². The highest BCUT2D eigenvalue weighted by Crippen LogP contribution is 2.60. The number of thiocarbonyl (C=S) groups is 1. The van der Waals surface area contributed by atoms with Crippen LogP contribution in [0.25, 0.3) is 11.8 Å². The Hall–Kier alpha value is -1.85. The van der Waals surface area contributed by atoms with E-state index in [0.29, 0.717) is 16.3 Å². The van der Waals surface area contributed by atoms with Gasteiger partial charge in [0, 0.05) is 23.6 Å². The molecule has 1 aliphatic heterocycles. The highest BCUT2D eigenvalue weighted by molar-refractivity contribution is 8.26. The lowest BCUT2D eigenvalue weighted by molar-refractivity contribution is -0.121. The minimum Gasteiger partial charge on any atom is -0.318 e. The van der Waals surface area contributed by atoms with Crippen molar-refractivity contribution in [3.63, 3.8) is 0 Å². The minimum atomic E-state index is 0.0252. The molecule has 2 heterocycles. The van der Waals surface area contributed by atoms with E-state index in [-0.39, 0.29) is 5.91 Å². The fraction of sp³-hybridized carbons (Fsp3) is 0.500. The van der Waals surface area contributed by atoms with Crippen LogP contribution in [0.3, 0.4) is 0 Å². The second-order valence-electron chi connectivity index (χ2n) is 10.8. The molecule has 5 aliphatic rings. The van der Waals surface area contributed by atoms with Gasteiger partial charge in [0.05, 0.1) is 4.91 Å². The molecule has 3 nitrogen and oxygen atoms in total. The van der Waals surface area contributed by atoms with Crippen molar-refractivity contribution < 1.29 is 4.79 Å². The topological polar surface area (TPSA) is 25.2 Å². The van der Waals surface area contributed by atoms with Gasteiger partial charge in [0.15, 0.2) is 0 Å². The Labute approximate surface area is 206 Å². The summed E-state index contributed by atoms with van der Waals surface area (Å²) < 4.78 is 2.97. The summed E-state index contributed by atoms with van der Waals surface area (Å²) in [6.45, 7) is 6.88. The second-order valence-corrected chi connectivity index (χ2v) is 12.5. The Morgan fingerprint density at radius 3 is 2.21 bits per heavy atom. The predicted octanol–water partition coefficient (Wildman–Crippen LogP) is 6.78. The van der Waals surface area contributed by atoms with Crippen molar-refractivity contribution in [3.05, 3.63) is 57.8 Å². The molecule has 1 aromatic carbocycles. The monoisotopic (exact) mass is 476 g/mol. The third-order valence-corrected chi connectivity index (χ3v) is 10.1. The average Bonchev–Trinajstić information content (AvgIpc) is 3.20. The Morgan fingerprint density at radius 1 is 1.06 bits per heavy atom. The molecule has 172 valence electrons. The molecular weight excluding hydrogens is 444 g/mol. The van der Waals surface area contributed by atoms with Crippen LogP contribution >= 0.6 is 24.0 Å². The first-order chi connectivity index (χ1) is 15.9. The molecular formula is C28H32N2OS2. The maximum absolute atomic E-state index is 12.7. The maximum atomic E-state index is 12.7. The van der Waals surface area contributed by atoms with Gasteiger partial charge in [-0.05, 0) is 118 Å². The van der Waals surface area contributed by atoms with Crippen molar-refractivity contribution >= 4 is 40.3 Å². The SMILES string of the molecule is CCN1C(=O)/C(=C/c2cc(C)n(-c3ccc(C45CC6CC(CC(C6)C4)C5)cc3)c2C)SC1=S. The number of likely N-dealkylation sites (N-methyl/N-ethyl adjacent to an activating group) is 1. The normalized spacial score (nSPS) is 31.9. The number of aromatic nitrogens is 1. The number of hydrogen-bond acceptors (Lipinski definition) is 3. The van der Waals surface area contributed by atoms with Crippen LogP contribution in [-0.4, -0.2) is 26.2 Å². The molecule has 1 aromatic heterocycles. The van der Waals surface area contributed by atoms with Crippen molar-refractivity contribution in [3.8, 4) is 5.69 Å². The van der Waals surface area contributed by atoms with Crippen LogP contribution in [0.4, 0.5) is 0 Å². The van der Waals surface area contributed by atoms with Crippen molar-refractivity contribution in [2.45, 2.75) is 64.7 Å². The van der Waals surface area contributed by atoms with Gasteiger partial charge < -0.3 is 4.57 Å². The number of aryl methyl sites for hydroxylation is 1. The Kier molecular flexibility index (Phi) is 5.15. The van der Waals surface area contributed by atoms with Crippen LogP contribution in [0.15, 0.2) is 35.2 Å². The number of carbonyl (C=O) groups is 1. The van der Waals surface area contributed by atoms with Crippen LogP contribution in [0.2, 0.25) is 0 Å². The average molecular weight is 477 g/mol. The van der Waals surface area contributed by atoms with Gasteiger partial charge in [-0.2, -0.15) is 0 Å². The number of nitrogens with zero attached hydrogens (tertiary/aromatic N) is 2. The van der Waals surface area contributed by atoms with Crippen LogP contribution in [0.1, 0.15) is 68.0 Å². The minimum absolute atomic E-state index is 0.0252. The van der Waals surface area contributed by atoms with Gasteiger partial charge >= 0.3 is 0 Å². The van der Waals surface area contributed by atoms with Gasteiger partial charge in [0.25, 0.3) is 5.91 Å². The predicted molar refractivity (Wildman–Crippen MR) is 141 cm³/mol. The van der Waals surface area contributed by atoms with E-state index in [2.05, 4.69) is 48.7 Å². The number of amides is 1. The molecule has 4 aliphatic carbocycles. The number of carbonyl (C=O) groups excluding carboxylic acids is 1. The lowest BCUT2D eigenvalue weighted by atomic mass is 9.48. The number of rotatable bonds is 4. The summed E-state index contributed by atoms with van der Waals surface area (Å²) >= 11 is 6.79. The van der Waals surface area contributed by atoms with E-state index in [0.717, 1.165) is 33.9 Å². The largest absolute Gasteiger partial charge is 0.318 e. The molecule has 1 saturated heterocycles. The van der Waals surface area contributed by atoms with Crippen LogP contribution in [0.5, 0.6) is 0 Å². The molecule has 1 amide bonds. The summed E-state index contributed by atoms with van der Waals surface area (Å²) in [6, 6.07) is 11.6. The first kappa shape index (κ1) is 21.7. The molecule has 4 saturated carbocycles. The smallest absolute Gasteiger partial charge is 0.266 e. The van der Waals surface area contributed by atoms with Crippen molar-refractivity contribution in [2.75, 3.05) is 6.54 Å². The molecule has 0 radical (unpaired) electrons. The first-order valence-electron chi connectivity index (χ1n) is 12.4. The quantitative estimate of drug-likeness (QED) is 0.359. The highest BCUT2D eigenvalue weighted by Gasteiger charge is 2.51. The fourth-order valence-corrected chi connectivity index (χ4v) is 9.05. The molecule has 33 heavy (non-hydrogen) atoms. The molecule has 0 unspecified atom stereocenters. The van der Waals surface area contributed by atoms with E-state index in [4.69, 9.17) is 12.2 Å². The third-order valence-electron chi connectivity index (χ3n) is 8.72. The van der Waals surface area contributed by atoms with E-state index in [1.807, 2.05) is 13.0 Å². The Morgan fingerprint density at radius 2 is 1.67 bits per heavy atom. The summed E-state index contributed by atoms with van der Waals surface area (Å²) in [5, 5.41) is 0. The molecule has 4 bridgehead atoms. The zero-order chi connectivity index (χ0) is 22.9. The van der Waals surface area contributed by atoms with Gasteiger partial charge in [0.1, 0.15) is 4.32 Å². The van der Waals surface area contributed by atoms with Crippen LogP contribution in [-0.2, 0) is 10.2 Å². The van der Waals surface area contributed by atoms with E-state index in [9.17, 15) is 4.79 Å². The van der Waals surface area contributed by atoms with E-state index < -0.39 is 0 Å². The summed E-state index contributed by atoms with van der Waals surface area (Å²) in [4.78, 5) is 15.1. The summed E-state index contributed by atoms with van der Waals surface area (Å²) in [6.07, 6.45) is 10.7. The molecule has 7 rings (SSSR count). The number of thioether (sulfide) groups is 1. The fourth-order valence-electron chi connectivity index (χ4n) is 7.67. The zero-order valence-corrected chi connectivity index (χ0v) is 21.4. The molecule has 5 fully saturated rings. The molecule has 2 aromatic rings. The van der Waals surface area contributed by atoms with Crippen molar-refractivity contribution in [1.82, 2.24) is 9.47 Å². The van der Waals surface area contributed by atoms with Gasteiger partial charge in [0.2, 0.25) is 0 Å². The Balaban J connectivity index is 1.30. The molecule has 0 N–H and O–H groups in total. The lowest BCUT2D eigenvalue weighted by Gasteiger charge is -2.57.